The third-order valence-corrected chi connectivity index (χ3v) is 4.90. The third-order valence-electron chi connectivity index (χ3n) is 3.62. The van der Waals surface area contributed by atoms with Crippen LogP contribution in [0.15, 0.2) is 29.2 Å². The second-order valence-corrected chi connectivity index (χ2v) is 6.90. The van der Waals surface area contributed by atoms with Gasteiger partial charge in [0.25, 0.3) is 5.91 Å². The summed E-state index contributed by atoms with van der Waals surface area (Å²) in [5, 5.41) is 1.89. The second-order valence-electron chi connectivity index (χ2n) is 5.22. The van der Waals surface area contributed by atoms with E-state index < -0.39 is 17.7 Å². The molecule has 0 unspecified atom stereocenters. The highest BCUT2D eigenvalue weighted by Crippen LogP contribution is 2.35. The minimum absolute atomic E-state index is 0.178. The number of rotatable bonds is 3. The standard InChI is InChI=1S/C16H14N2O4S2/c1-22-11-5-2-4-10(8-11)9-12-15(21)18(16(23)24-12)17-13(19)6-3-7-14(17)20/h2,4-5,8-9H,3,6-7H2,1H3/b12-9+. The third kappa shape index (κ3) is 3.07. The summed E-state index contributed by atoms with van der Waals surface area (Å²) in [7, 11) is 1.56. The van der Waals surface area contributed by atoms with Crippen LogP contribution in [0.2, 0.25) is 0 Å². The molecule has 2 aliphatic rings. The molecule has 0 atom stereocenters. The van der Waals surface area contributed by atoms with Crippen LogP contribution in [0.25, 0.3) is 6.08 Å². The van der Waals surface area contributed by atoms with Crippen LogP contribution in [0.3, 0.4) is 0 Å². The van der Waals surface area contributed by atoms with E-state index >= 15 is 0 Å². The number of imide groups is 1. The highest BCUT2D eigenvalue weighted by Gasteiger charge is 2.42. The van der Waals surface area contributed by atoms with E-state index in [0.29, 0.717) is 17.1 Å². The van der Waals surface area contributed by atoms with Gasteiger partial charge in [0.2, 0.25) is 11.8 Å². The fourth-order valence-electron chi connectivity index (χ4n) is 2.48. The normalized spacial score (nSPS) is 20.3. The molecule has 2 saturated heterocycles. The smallest absolute Gasteiger partial charge is 0.285 e. The Morgan fingerprint density at radius 1 is 1.17 bits per heavy atom. The van der Waals surface area contributed by atoms with Crippen molar-refractivity contribution in [2.24, 2.45) is 0 Å². The predicted octanol–water partition coefficient (Wildman–Crippen LogP) is 2.35. The number of hydrazine groups is 1. The number of carbonyl (C=O) groups is 3. The molecule has 2 aliphatic heterocycles. The highest BCUT2D eigenvalue weighted by atomic mass is 32.2. The lowest BCUT2D eigenvalue weighted by Crippen LogP contribution is -2.53. The molecule has 24 heavy (non-hydrogen) atoms. The zero-order valence-electron chi connectivity index (χ0n) is 12.9. The van der Waals surface area contributed by atoms with E-state index in [4.69, 9.17) is 17.0 Å². The van der Waals surface area contributed by atoms with Gasteiger partial charge in [-0.3, -0.25) is 14.4 Å². The molecule has 6 nitrogen and oxygen atoms in total. The van der Waals surface area contributed by atoms with E-state index in [9.17, 15) is 14.4 Å². The lowest BCUT2D eigenvalue weighted by molar-refractivity contribution is -0.166. The first-order chi connectivity index (χ1) is 11.5. The molecule has 0 saturated carbocycles. The van der Waals surface area contributed by atoms with E-state index in [0.717, 1.165) is 27.3 Å². The minimum atomic E-state index is -0.462. The molecule has 0 aliphatic carbocycles. The largest absolute Gasteiger partial charge is 0.497 e. The SMILES string of the molecule is COc1cccc(/C=C2/SC(=S)N(N3C(=O)CCCC3=O)C2=O)c1. The number of thiocarbonyl (C=S) groups is 1. The van der Waals surface area contributed by atoms with Gasteiger partial charge in [-0.25, -0.2) is 0 Å². The first kappa shape index (κ1) is 16.7. The van der Waals surface area contributed by atoms with Gasteiger partial charge in [-0.2, -0.15) is 10.0 Å². The summed E-state index contributed by atoms with van der Waals surface area (Å²) in [6.07, 6.45) is 2.64. The van der Waals surface area contributed by atoms with Crippen LogP contribution >= 0.6 is 24.0 Å². The Hall–Kier alpha value is -2.19. The molecular formula is C16H14N2O4S2. The zero-order valence-corrected chi connectivity index (χ0v) is 14.5. The topological polar surface area (TPSA) is 66.9 Å². The molecule has 0 N–H and O–H groups in total. The number of hydrogen-bond acceptors (Lipinski definition) is 6. The van der Waals surface area contributed by atoms with Crippen LogP contribution in [0.5, 0.6) is 5.75 Å². The number of methoxy groups -OCH3 is 1. The van der Waals surface area contributed by atoms with Crippen molar-refractivity contribution in [3.05, 3.63) is 34.7 Å². The average Bonchev–Trinajstić information content (AvgIpc) is 2.82. The van der Waals surface area contributed by atoms with Crippen molar-refractivity contribution in [3.8, 4) is 5.75 Å². The van der Waals surface area contributed by atoms with Crippen LogP contribution in [0.4, 0.5) is 0 Å². The molecule has 1 aromatic carbocycles. The Labute approximate surface area is 148 Å². The summed E-state index contributed by atoms with van der Waals surface area (Å²) in [6.45, 7) is 0. The van der Waals surface area contributed by atoms with Gasteiger partial charge in [0.05, 0.1) is 12.0 Å². The van der Waals surface area contributed by atoms with E-state index in [1.165, 1.54) is 0 Å². The number of thioether (sulfide) groups is 1. The number of carbonyl (C=O) groups excluding carboxylic acids is 3. The molecule has 0 aromatic heterocycles. The molecule has 124 valence electrons. The van der Waals surface area contributed by atoms with Crippen molar-refractivity contribution < 1.29 is 19.1 Å². The van der Waals surface area contributed by atoms with Gasteiger partial charge in [0.1, 0.15) is 5.75 Å². The molecule has 8 heteroatoms. The number of benzene rings is 1. The number of ether oxygens (including phenoxy) is 1. The molecule has 3 amide bonds. The van der Waals surface area contributed by atoms with Crippen molar-refractivity contribution in [2.75, 3.05) is 7.11 Å². The number of piperidine rings is 1. The molecule has 0 radical (unpaired) electrons. The first-order valence-corrected chi connectivity index (χ1v) is 8.51. The van der Waals surface area contributed by atoms with E-state index in [-0.39, 0.29) is 17.2 Å². The van der Waals surface area contributed by atoms with E-state index in [1.54, 1.807) is 25.3 Å². The van der Waals surface area contributed by atoms with Crippen molar-refractivity contribution in [2.45, 2.75) is 19.3 Å². The average molecular weight is 362 g/mol. The molecule has 3 rings (SSSR count). The summed E-state index contributed by atoms with van der Waals surface area (Å²) in [4.78, 5) is 37.1. The summed E-state index contributed by atoms with van der Waals surface area (Å²) in [5.41, 5.74) is 0.770. The number of amides is 3. The Balaban J connectivity index is 1.89. The monoisotopic (exact) mass is 362 g/mol. The van der Waals surface area contributed by atoms with Crippen LogP contribution in [-0.4, -0.2) is 39.2 Å². The zero-order chi connectivity index (χ0) is 17.3. The van der Waals surface area contributed by atoms with Gasteiger partial charge >= 0.3 is 0 Å². The molecule has 2 fully saturated rings. The van der Waals surface area contributed by atoms with Gasteiger partial charge in [0.15, 0.2) is 4.32 Å². The minimum Gasteiger partial charge on any atom is -0.497 e. The van der Waals surface area contributed by atoms with Crippen LogP contribution in [0.1, 0.15) is 24.8 Å². The predicted molar refractivity (Wildman–Crippen MR) is 93.7 cm³/mol. The van der Waals surface area contributed by atoms with Crippen LogP contribution in [-0.2, 0) is 14.4 Å². The lowest BCUT2D eigenvalue weighted by atomic mass is 10.1. The quantitative estimate of drug-likeness (QED) is 0.467. The maximum Gasteiger partial charge on any atom is 0.285 e. The van der Waals surface area contributed by atoms with Crippen molar-refractivity contribution >= 4 is 52.1 Å². The summed E-state index contributed by atoms with van der Waals surface area (Å²) < 4.78 is 5.34. The van der Waals surface area contributed by atoms with Gasteiger partial charge in [-0.1, -0.05) is 23.9 Å². The lowest BCUT2D eigenvalue weighted by Gasteiger charge is -2.31. The molecule has 0 spiro atoms. The molecule has 0 bridgehead atoms. The Morgan fingerprint density at radius 2 is 1.88 bits per heavy atom. The van der Waals surface area contributed by atoms with Crippen molar-refractivity contribution in [1.29, 1.82) is 0 Å². The second kappa shape index (κ2) is 6.74. The molecule has 2 heterocycles. The Bertz CT molecular complexity index is 759. The van der Waals surface area contributed by atoms with Gasteiger partial charge < -0.3 is 4.74 Å². The summed E-state index contributed by atoms with van der Waals surface area (Å²) in [5.74, 6) is -0.590. The highest BCUT2D eigenvalue weighted by molar-refractivity contribution is 8.26. The maximum atomic E-state index is 12.6. The number of nitrogens with zero attached hydrogens (tertiary/aromatic N) is 2. The van der Waals surface area contributed by atoms with Gasteiger partial charge in [0, 0.05) is 12.8 Å². The van der Waals surface area contributed by atoms with Gasteiger partial charge in [-0.05, 0) is 42.4 Å². The fraction of sp³-hybridized carbons (Fsp3) is 0.250. The number of hydrogen-bond donors (Lipinski definition) is 0. The van der Waals surface area contributed by atoms with Crippen molar-refractivity contribution in [3.63, 3.8) is 0 Å². The summed E-state index contributed by atoms with van der Waals surface area (Å²) in [6, 6.07) is 7.22. The first-order valence-electron chi connectivity index (χ1n) is 7.29. The van der Waals surface area contributed by atoms with E-state index in [2.05, 4.69) is 0 Å². The summed E-state index contributed by atoms with van der Waals surface area (Å²) >= 11 is 6.27. The van der Waals surface area contributed by atoms with Crippen LogP contribution in [0, 0.1) is 0 Å². The maximum absolute atomic E-state index is 12.6. The van der Waals surface area contributed by atoms with Crippen molar-refractivity contribution in [1.82, 2.24) is 10.0 Å². The fourth-order valence-corrected chi connectivity index (χ4v) is 3.72. The van der Waals surface area contributed by atoms with Gasteiger partial charge in [-0.15, -0.1) is 0 Å². The Kier molecular flexibility index (Phi) is 4.68. The van der Waals surface area contributed by atoms with Crippen LogP contribution < -0.4 is 4.74 Å². The van der Waals surface area contributed by atoms with E-state index in [1.807, 2.05) is 12.1 Å². The molecular weight excluding hydrogens is 348 g/mol. The molecule has 1 aromatic rings. The Morgan fingerprint density at radius 3 is 2.54 bits per heavy atom.